The Morgan fingerprint density at radius 2 is 2.08 bits per heavy atom. The van der Waals surface area contributed by atoms with Gasteiger partial charge in [-0.2, -0.15) is 5.21 Å². The van der Waals surface area contributed by atoms with Gasteiger partial charge in [-0.25, -0.2) is 4.39 Å². The van der Waals surface area contributed by atoms with Crippen LogP contribution in [0.1, 0.15) is 38.2 Å². The molecule has 0 aliphatic heterocycles. The molecule has 6 nitrogen and oxygen atoms in total. The van der Waals surface area contributed by atoms with Crippen molar-refractivity contribution in [2.75, 3.05) is 7.05 Å². The highest BCUT2D eigenvalue weighted by Gasteiger charge is 2.25. The van der Waals surface area contributed by atoms with Crippen LogP contribution < -0.4 is 0 Å². The lowest BCUT2D eigenvalue weighted by atomic mass is 9.86. The Kier molecular flexibility index (Phi) is 4.87. The highest BCUT2D eigenvalue weighted by molar-refractivity contribution is 5.79. The fourth-order valence-electron chi connectivity index (χ4n) is 3.23. The number of aromatic nitrogens is 4. The summed E-state index contributed by atoms with van der Waals surface area (Å²) in [5, 5.41) is 13.4. The van der Waals surface area contributed by atoms with E-state index in [1.165, 1.54) is 6.07 Å². The predicted octanol–water partition coefficient (Wildman–Crippen LogP) is 2.59. The van der Waals surface area contributed by atoms with Gasteiger partial charge in [-0.05, 0) is 48.4 Å². The zero-order valence-electron chi connectivity index (χ0n) is 14.0. The number of rotatable bonds is 4. The monoisotopic (exact) mass is 331 g/mol. The van der Waals surface area contributed by atoms with Gasteiger partial charge in [-0.3, -0.25) is 4.79 Å². The van der Waals surface area contributed by atoms with Crippen LogP contribution in [0.4, 0.5) is 4.39 Å². The SMILES string of the molecule is CC1CCC(N(C)C(=O)Cc2ccc(-c3nn[nH]n3)cc2F)CC1. The van der Waals surface area contributed by atoms with Gasteiger partial charge in [0.2, 0.25) is 11.7 Å². The second-order valence-corrected chi connectivity index (χ2v) is 6.64. The van der Waals surface area contributed by atoms with E-state index in [2.05, 4.69) is 27.5 Å². The van der Waals surface area contributed by atoms with Crippen LogP contribution in [0, 0.1) is 11.7 Å². The molecule has 1 amide bonds. The molecule has 1 aliphatic carbocycles. The van der Waals surface area contributed by atoms with Crippen molar-refractivity contribution in [3.8, 4) is 11.4 Å². The van der Waals surface area contributed by atoms with Crippen molar-refractivity contribution in [3.63, 3.8) is 0 Å². The van der Waals surface area contributed by atoms with Gasteiger partial charge in [0.05, 0.1) is 6.42 Å². The van der Waals surface area contributed by atoms with Crippen LogP contribution in [0.15, 0.2) is 18.2 Å². The Hall–Kier alpha value is -2.31. The Balaban J connectivity index is 1.66. The standard InChI is InChI=1S/C17H22FN5O/c1-11-3-7-14(8-4-11)23(2)16(24)10-12-5-6-13(9-15(12)18)17-19-21-22-20-17/h5-6,9,11,14H,3-4,7-8,10H2,1-2H3,(H,19,20,21,22). The molecule has 0 saturated heterocycles. The number of nitrogens with one attached hydrogen (secondary N) is 1. The molecule has 24 heavy (non-hydrogen) atoms. The first-order valence-electron chi connectivity index (χ1n) is 8.32. The van der Waals surface area contributed by atoms with Gasteiger partial charge in [0.1, 0.15) is 5.82 Å². The van der Waals surface area contributed by atoms with E-state index in [-0.39, 0.29) is 18.4 Å². The van der Waals surface area contributed by atoms with E-state index in [9.17, 15) is 9.18 Å². The number of halogens is 1. The average molecular weight is 331 g/mol. The fraction of sp³-hybridized carbons (Fsp3) is 0.529. The van der Waals surface area contributed by atoms with E-state index in [1.54, 1.807) is 17.0 Å². The van der Waals surface area contributed by atoms with Gasteiger partial charge in [-0.15, -0.1) is 10.2 Å². The number of hydrogen-bond donors (Lipinski definition) is 1. The first-order valence-corrected chi connectivity index (χ1v) is 8.32. The summed E-state index contributed by atoms with van der Waals surface area (Å²) in [5.41, 5.74) is 0.926. The molecular weight excluding hydrogens is 309 g/mol. The van der Waals surface area contributed by atoms with E-state index in [0.717, 1.165) is 31.6 Å². The van der Waals surface area contributed by atoms with Crippen LogP contribution in [0.3, 0.4) is 0 Å². The summed E-state index contributed by atoms with van der Waals surface area (Å²) in [7, 11) is 1.83. The van der Waals surface area contributed by atoms with E-state index >= 15 is 0 Å². The maximum absolute atomic E-state index is 14.3. The summed E-state index contributed by atoms with van der Waals surface area (Å²) in [6.45, 7) is 2.25. The molecule has 2 aromatic rings. The Morgan fingerprint density at radius 1 is 1.33 bits per heavy atom. The summed E-state index contributed by atoms with van der Waals surface area (Å²) < 4.78 is 14.3. The van der Waals surface area contributed by atoms with Crippen molar-refractivity contribution in [2.45, 2.75) is 45.1 Å². The Bertz CT molecular complexity index is 695. The van der Waals surface area contributed by atoms with Crippen LogP contribution in [0.5, 0.6) is 0 Å². The van der Waals surface area contributed by atoms with Crippen molar-refractivity contribution >= 4 is 5.91 Å². The molecule has 1 aromatic carbocycles. The summed E-state index contributed by atoms with van der Waals surface area (Å²) >= 11 is 0. The van der Waals surface area contributed by atoms with Gasteiger partial charge in [-0.1, -0.05) is 19.1 Å². The van der Waals surface area contributed by atoms with Gasteiger partial charge < -0.3 is 4.90 Å². The number of H-pyrrole nitrogens is 1. The number of likely N-dealkylation sites (N-methyl/N-ethyl adjacent to an activating group) is 1. The summed E-state index contributed by atoms with van der Waals surface area (Å²) in [6.07, 6.45) is 4.43. The third-order valence-electron chi connectivity index (χ3n) is 4.92. The number of amides is 1. The first-order chi connectivity index (χ1) is 11.5. The van der Waals surface area contributed by atoms with Gasteiger partial charge in [0.25, 0.3) is 0 Å². The number of tetrazole rings is 1. The Morgan fingerprint density at radius 3 is 2.71 bits per heavy atom. The predicted molar refractivity (Wildman–Crippen MR) is 87.5 cm³/mol. The summed E-state index contributed by atoms with van der Waals surface area (Å²) in [5.74, 6) is 0.609. The molecule has 1 fully saturated rings. The molecule has 3 rings (SSSR count). The molecule has 1 aromatic heterocycles. The summed E-state index contributed by atoms with van der Waals surface area (Å²) in [6, 6.07) is 4.94. The van der Waals surface area contributed by atoms with Crippen molar-refractivity contribution in [2.24, 2.45) is 5.92 Å². The zero-order valence-corrected chi connectivity index (χ0v) is 14.0. The number of aromatic amines is 1. The van der Waals surface area contributed by atoms with Crippen molar-refractivity contribution in [1.29, 1.82) is 0 Å². The lowest BCUT2D eigenvalue weighted by molar-refractivity contribution is -0.132. The van der Waals surface area contributed by atoms with Crippen LogP contribution >= 0.6 is 0 Å². The van der Waals surface area contributed by atoms with Gasteiger partial charge in [0, 0.05) is 18.7 Å². The smallest absolute Gasteiger partial charge is 0.227 e. The highest BCUT2D eigenvalue weighted by atomic mass is 19.1. The molecule has 0 unspecified atom stereocenters. The maximum atomic E-state index is 14.3. The molecule has 1 saturated carbocycles. The average Bonchev–Trinajstić information content (AvgIpc) is 3.11. The van der Waals surface area contributed by atoms with E-state index < -0.39 is 5.82 Å². The van der Waals surface area contributed by atoms with Crippen LogP contribution in [0.25, 0.3) is 11.4 Å². The second kappa shape index (κ2) is 7.07. The highest BCUT2D eigenvalue weighted by Crippen LogP contribution is 2.27. The van der Waals surface area contributed by atoms with Crippen LogP contribution in [-0.2, 0) is 11.2 Å². The number of hydrogen-bond acceptors (Lipinski definition) is 4. The van der Waals surface area contributed by atoms with E-state index in [0.29, 0.717) is 17.0 Å². The minimum absolute atomic E-state index is 0.0410. The molecular formula is C17H22FN5O. The number of carbonyl (C=O) groups excluding carboxylic acids is 1. The van der Waals surface area contributed by atoms with Crippen molar-refractivity contribution in [3.05, 3.63) is 29.6 Å². The third-order valence-corrected chi connectivity index (χ3v) is 4.92. The minimum atomic E-state index is -0.420. The van der Waals surface area contributed by atoms with Crippen LogP contribution in [-0.4, -0.2) is 44.5 Å². The number of benzene rings is 1. The molecule has 1 N–H and O–H groups in total. The number of carbonyl (C=O) groups is 1. The normalized spacial score (nSPS) is 20.8. The quantitative estimate of drug-likeness (QED) is 0.934. The summed E-state index contributed by atoms with van der Waals surface area (Å²) in [4.78, 5) is 14.3. The molecule has 0 spiro atoms. The lowest BCUT2D eigenvalue weighted by Gasteiger charge is -2.33. The van der Waals surface area contributed by atoms with Crippen molar-refractivity contribution in [1.82, 2.24) is 25.5 Å². The molecule has 0 bridgehead atoms. The zero-order chi connectivity index (χ0) is 17.1. The molecule has 7 heteroatoms. The van der Waals surface area contributed by atoms with Gasteiger partial charge >= 0.3 is 0 Å². The topological polar surface area (TPSA) is 74.8 Å². The van der Waals surface area contributed by atoms with E-state index in [1.807, 2.05) is 7.05 Å². The molecule has 1 heterocycles. The fourth-order valence-corrected chi connectivity index (χ4v) is 3.23. The molecule has 1 aliphatic rings. The molecule has 128 valence electrons. The molecule has 0 radical (unpaired) electrons. The second-order valence-electron chi connectivity index (χ2n) is 6.64. The van der Waals surface area contributed by atoms with Crippen molar-refractivity contribution < 1.29 is 9.18 Å². The lowest BCUT2D eigenvalue weighted by Crippen LogP contribution is -2.40. The van der Waals surface area contributed by atoms with Crippen LogP contribution in [0.2, 0.25) is 0 Å². The maximum Gasteiger partial charge on any atom is 0.227 e. The largest absolute Gasteiger partial charge is 0.342 e. The number of nitrogens with zero attached hydrogens (tertiary/aromatic N) is 4. The van der Waals surface area contributed by atoms with E-state index in [4.69, 9.17) is 0 Å². The minimum Gasteiger partial charge on any atom is -0.342 e. The Labute approximate surface area is 140 Å². The molecule has 0 atom stereocenters. The first kappa shape index (κ1) is 16.5. The van der Waals surface area contributed by atoms with Gasteiger partial charge in [0.15, 0.2) is 0 Å². The third kappa shape index (κ3) is 3.60.